The zero-order valence-electron chi connectivity index (χ0n) is 19.6. The summed E-state index contributed by atoms with van der Waals surface area (Å²) in [5.74, 6) is -0.0344. The molecule has 1 aliphatic heterocycles. The lowest BCUT2D eigenvalue weighted by Gasteiger charge is -2.31. The lowest BCUT2D eigenvalue weighted by Crippen LogP contribution is -2.49. The highest BCUT2D eigenvalue weighted by Crippen LogP contribution is 2.37. The molecular formula is C26H27N3O7. The molecule has 1 atom stereocenters. The summed E-state index contributed by atoms with van der Waals surface area (Å²) in [6.45, 7) is 0.419. The number of hydrogen-bond acceptors (Lipinski definition) is 7. The predicted octanol–water partition coefficient (Wildman–Crippen LogP) is 3.21. The molecule has 10 nitrogen and oxygen atoms in total. The van der Waals surface area contributed by atoms with Gasteiger partial charge in [-0.05, 0) is 49.2 Å². The van der Waals surface area contributed by atoms with E-state index in [0.29, 0.717) is 36.2 Å². The Bertz CT molecular complexity index is 1200. The summed E-state index contributed by atoms with van der Waals surface area (Å²) < 4.78 is 22.1. The minimum absolute atomic E-state index is 0.0332. The average Bonchev–Trinajstić information content (AvgIpc) is 3.69. The van der Waals surface area contributed by atoms with Crippen LogP contribution in [0.4, 0.5) is 5.69 Å². The molecule has 0 unspecified atom stereocenters. The number of amides is 3. The SMILES string of the molecule is O=C(NCC(=O)N(c1ccc2c(c1)OCCO2)[C@H](C(=O)NC1CCCC1)c1ccco1)c1ccco1. The molecule has 0 radical (unpaired) electrons. The molecule has 0 bridgehead atoms. The van der Waals surface area contributed by atoms with E-state index >= 15 is 0 Å². The summed E-state index contributed by atoms with van der Waals surface area (Å²) in [4.78, 5) is 41.0. The molecule has 1 aliphatic carbocycles. The van der Waals surface area contributed by atoms with E-state index < -0.39 is 17.9 Å². The van der Waals surface area contributed by atoms with E-state index in [1.54, 1.807) is 36.4 Å². The van der Waals surface area contributed by atoms with Gasteiger partial charge in [0.15, 0.2) is 23.3 Å². The quantitative estimate of drug-likeness (QED) is 0.494. The van der Waals surface area contributed by atoms with Crippen LogP contribution in [0.15, 0.2) is 63.8 Å². The zero-order chi connectivity index (χ0) is 24.9. The highest BCUT2D eigenvalue weighted by molar-refractivity contribution is 6.04. The summed E-state index contributed by atoms with van der Waals surface area (Å²) in [6, 6.07) is 10.4. The van der Waals surface area contributed by atoms with Gasteiger partial charge in [0.05, 0.1) is 19.1 Å². The Labute approximate surface area is 207 Å². The van der Waals surface area contributed by atoms with Crippen LogP contribution in [0, 0.1) is 0 Å². The molecule has 1 aromatic carbocycles. The largest absolute Gasteiger partial charge is 0.486 e. The molecule has 3 aromatic rings. The van der Waals surface area contributed by atoms with Crippen molar-refractivity contribution < 1.29 is 32.7 Å². The molecule has 3 amide bonds. The first-order valence-electron chi connectivity index (χ1n) is 12.0. The van der Waals surface area contributed by atoms with Crippen LogP contribution in [0.1, 0.15) is 48.0 Å². The summed E-state index contributed by atoms with van der Waals surface area (Å²) >= 11 is 0. The van der Waals surface area contributed by atoms with Gasteiger partial charge in [-0.2, -0.15) is 0 Å². The first-order chi connectivity index (χ1) is 17.6. The summed E-state index contributed by atoms with van der Waals surface area (Å²) in [5.41, 5.74) is 0.402. The minimum atomic E-state index is -1.10. The molecule has 5 rings (SSSR count). The van der Waals surface area contributed by atoms with Gasteiger partial charge in [-0.3, -0.25) is 19.3 Å². The first kappa shape index (κ1) is 23.5. The number of carbonyl (C=O) groups excluding carboxylic acids is 3. The number of carbonyl (C=O) groups is 3. The van der Waals surface area contributed by atoms with Crippen molar-refractivity contribution in [2.45, 2.75) is 37.8 Å². The maximum atomic E-state index is 13.7. The smallest absolute Gasteiger partial charge is 0.287 e. The van der Waals surface area contributed by atoms with Crippen molar-refractivity contribution in [2.24, 2.45) is 0 Å². The molecule has 2 aromatic heterocycles. The molecule has 0 spiro atoms. The number of furan rings is 2. The first-order valence-corrected chi connectivity index (χ1v) is 12.0. The molecule has 1 saturated carbocycles. The molecule has 10 heteroatoms. The molecule has 188 valence electrons. The Balaban J connectivity index is 1.47. The standard InChI is InChI=1S/C26H27N3O7/c30-23(16-27-25(31)21-8-4-12-34-21)29(18-9-10-19-22(15-18)36-14-13-35-19)24(20-7-3-11-33-20)26(32)28-17-5-1-2-6-17/h3-4,7-12,15,17,24H,1-2,5-6,13-14,16H2,(H,27,31)(H,28,32)/t24-/m0/s1. The van der Waals surface area contributed by atoms with E-state index in [-0.39, 0.29) is 24.3 Å². The van der Waals surface area contributed by atoms with Crippen molar-refractivity contribution >= 4 is 23.4 Å². The van der Waals surface area contributed by atoms with Gasteiger partial charge in [0.25, 0.3) is 11.8 Å². The van der Waals surface area contributed by atoms with Crippen LogP contribution in [-0.4, -0.2) is 43.5 Å². The van der Waals surface area contributed by atoms with Gasteiger partial charge in [-0.25, -0.2) is 0 Å². The van der Waals surface area contributed by atoms with Gasteiger partial charge >= 0.3 is 0 Å². The topological polar surface area (TPSA) is 123 Å². The number of anilines is 1. The molecule has 3 heterocycles. The Morgan fingerprint density at radius 1 is 0.944 bits per heavy atom. The maximum Gasteiger partial charge on any atom is 0.287 e. The van der Waals surface area contributed by atoms with Crippen LogP contribution >= 0.6 is 0 Å². The molecule has 0 saturated heterocycles. The third-order valence-corrected chi connectivity index (χ3v) is 6.24. The highest BCUT2D eigenvalue weighted by Gasteiger charge is 2.36. The van der Waals surface area contributed by atoms with Gasteiger partial charge < -0.3 is 28.9 Å². The predicted molar refractivity (Wildman–Crippen MR) is 128 cm³/mol. The van der Waals surface area contributed by atoms with Crippen LogP contribution in [0.25, 0.3) is 0 Å². The number of rotatable bonds is 8. The second kappa shape index (κ2) is 10.6. The molecule has 2 aliphatic rings. The van der Waals surface area contributed by atoms with Crippen LogP contribution in [0.5, 0.6) is 11.5 Å². The van der Waals surface area contributed by atoms with Crippen LogP contribution in [0.2, 0.25) is 0 Å². The average molecular weight is 494 g/mol. The van der Waals surface area contributed by atoms with E-state index in [1.807, 2.05) is 0 Å². The van der Waals surface area contributed by atoms with E-state index in [2.05, 4.69) is 10.6 Å². The minimum Gasteiger partial charge on any atom is -0.486 e. The van der Waals surface area contributed by atoms with Crippen molar-refractivity contribution in [3.63, 3.8) is 0 Å². The normalized spacial score (nSPS) is 15.8. The summed E-state index contributed by atoms with van der Waals surface area (Å²) in [5, 5.41) is 5.64. The van der Waals surface area contributed by atoms with E-state index in [9.17, 15) is 14.4 Å². The number of fused-ring (bicyclic) bond motifs is 1. The fourth-order valence-electron chi connectivity index (χ4n) is 4.53. The lowest BCUT2D eigenvalue weighted by molar-refractivity contribution is -0.127. The molecular weight excluding hydrogens is 466 g/mol. The molecule has 2 N–H and O–H groups in total. The number of nitrogens with zero attached hydrogens (tertiary/aromatic N) is 1. The number of nitrogens with one attached hydrogen (secondary N) is 2. The third-order valence-electron chi connectivity index (χ3n) is 6.24. The summed E-state index contributed by atoms with van der Waals surface area (Å²) in [7, 11) is 0. The second-order valence-corrected chi connectivity index (χ2v) is 8.66. The van der Waals surface area contributed by atoms with Crippen molar-refractivity contribution in [1.29, 1.82) is 0 Å². The second-order valence-electron chi connectivity index (χ2n) is 8.66. The van der Waals surface area contributed by atoms with Crippen LogP contribution in [-0.2, 0) is 9.59 Å². The van der Waals surface area contributed by atoms with Crippen molar-refractivity contribution in [3.8, 4) is 11.5 Å². The van der Waals surface area contributed by atoms with E-state index in [1.165, 1.54) is 23.5 Å². The Morgan fingerprint density at radius 3 is 2.42 bits per heavy atom. The number of benzene rings is 1. The Morgan fingerprint density at radius 2 is 1.69 bits per heavy atom. The fourth-order valence-corrected chi connectivity index (χ4v) is 4.53. The van der Waals surface area contributed by atoms with Crippen LogP contribution in [0.3, 0.4) is 0 Å². The highest BCUT2D eigenvalue weighted by atomic mass is 16.6. The summed E-state index contributed by atoms with van der Waals surface area (Å²) in [6.07, 6.45) is 6.68. The van der Waals surface area contributed by atoms with Gasteiger partial charge in [-0.1, -0.05) is 12.8 Å². The van der Waals surface area contributed by atoms with Gasteiger partial charge in [0.1, 0.15) is 19.0 Å². The van der Waals surface area contributed by atoms with Crippen LogP contribution < -0.4 is 25.0 Å². The third kappa shape index (κ3) is 5.07. The number of ether oxygens (including phenoxy) is 2. The zero-order valence-corrected chi connectivity index (χ0v) is 19.6. The van der Waals surface area contributed by atoms with Crippen molar-refractivity contribution in [2.75, 3.05) is 24.7 Å². The monoisotopic (exact) mass is 493 g/mol. The maximum absolute atomic E-state index is 13.7. The van der Waals surface area contributed by atoms with Gasteiger partial charge in [0.2, 0.25) is 5.91 Å². The van der Waals surface area contributed by atoms with Crippen molar-refractivity contribution in [3.05, 3.63) is 66.5 Å². The van der Waals surface area contributed by atoms with E-state index in [0.717, 1.165) is 25.7 Å². The Kier molecular flexibility index (Phi) is 6.92. The Hall–Kier alpha value is -4.21. The van der Waals surface area contributed by atoms with Crippen molar-refractivity contribution in [1.82, 2.24) is 10.6 Å². The van der Waals surface area contributed by atoms with Gasteiger partial charge in [0, 0.05) is 17.8 Å². The van der Waals surface area contributed by atoms with E-state index in [4.69, 9.17) is 18.3 Å². The fraction of sp³-hybridized carbons (Fsp3) is 0.346. The lowest BCUT2D eigenvalue weighted by atomic mass is 10.1. The number of hydrogen-bond donors (Lipinski definition) is 2. The molecule has 1 fully saturated rings. The van der Waals surface area contributed by atoms with Gasteiger partial charge in [-0.15, -0.1) is 0 Å². The molecule has 36 heavy (non-hydrogen) atoms.